The molecule has 0 aromatic rings. The zero-order chi connectivity index (χ0) is 13.9. The molecule has 2 rings (SSSR count). The van der Waals surface area contributed by atoms with Gasteiger partial charge in [0.2, 0.25) is 5.91 Å². The molecule has 5 nitrogen and oxygen atoms in total. The van der Waals surface area contributed by atoms with E-state index in [1.165, 1.54) is 12.8 Å². The summed E-state index contributed by atoms with van der Waals surface area (Å²) in [6.07, 6.45) is 4.62. The van der Waals surface area contributed by atoms with Crippen LogP contribution in [0, 0.1) is 11.3 Å². The fourth-order valence-corrected chi connectivity index (χ4v) is 2.87. The molecular formula is C14H24N2O3. The number of nitrogens with zero attached hydrogens (tertiary/aromatic N) is 1. The number of carboxylic acids is 1. The molecule has 1 amide bonds. The average molecular weight is 268 g/mol. The standard InChI is InChI=1S/C14H24N2O3/c1-2-5-14(13(18)19)6-7-16(10-14)12(17)9-15-8-11-3-4-11/h11,15H,2-10H2,1H3,(H,18,19). The Morgan fingerprint density at radius 2 is 2.16 bits per heavy atom. The first-order valence-corrected chi connectivity index (χ1v) is 7.29. The highest BCUT2D eigenvalue weighted by Crippen LogP contribution is 2.35. The van der Waals surface area contributed by atoms with Crippen LogP contribution in [-0.2, 0) is 9.59 Å². The van der Waals surface area contributed by atoms with Crippen molar-refractivity contribution in [1.29, 1.82) is 0 Å². The lowest BCUT2D eigenvalue weighted by molar-refractivity contribution is -0.149. The number of rotatable bonds is 7. The number of amides is 1. The number of carboxylic acid groups (broad SMARTS) is 1. The molecule has 1 aliphatic heterocycles. The van der Waals surface area contributed by atoms with Gasteiger partial charge in [0.25, 0.3) is 0 Å². The molecule has 5 heteroatoms. The molecule has 1 atom stereocenters. The molecule has 1 saturated carbocycles. The first kappa shape index (κ1) is 14.3. The third kappa shape index (κ3) is 3.47. The van der Waals surface area contributed by atoms with E-state index in [2.05, 4.69) is 5.32 Å². The smallest absolute Gasteiger partial charge is 0.311 e. The van der Waals surface area contributed by atoms with Crippen molar-refractivity contribution in [3.63, 3.8) is 0 Å². The Kier molecular flexibility index (Phi) is 4.45. The van der Waals surface area contributed by atoms with E-state index >= 15 is 0 Å². The summed E-state index contributed by atoms with van der Waals surface area (Å²) in [7, 11) is 0. The normalized spacial score (nSPS) is 26.7. The summed E-state index contributed by atoms with van der Waals surface area (Å²) in [5.74, 6) is 0.0417. The first-order chi connectivity index (χ1) is 9.07. The van der Waals surface area contributed by atoms with Gasteiger partial charge >= 0.3 is 5.97 Å². The summed E-state index contributed by atoms with van der Waals surface area (Å²) in [4.78, 5) is 25.2. The van der Waals surface area contributed by atoms with Gasteiger partial charge in [0, 0.05) is 13.1 Å². The van der Waals surface area contributed by atoms with E-state index in [1.807, 2.05) is 6.92 Å². The predicted octanol–water partition coefficient (Wildman–Crippen LogP) is 1.09. The second-order valence-electron chi connectivity index (χ2n) is 5.98. The Morgan fingerprint density at radius 3 is 2.74 bits per heavy atom. The fraction of sp³-hybridized carbons (Fsp3) is 0.857. The SMILES string of the molecule is CCCC1(C(=O)O)CCN(C(=O)CNCC2CC2)C1. The summed E-state index contributed by atoms with van der Waals surface area (Å²) in [6.45, 7) is 4.21. The third-order valence-corrected chi connectivity index (χ3v) is 4.29. The first-order valence-electron chi connectivity index (χ1n) is 7.29. The lowest BCUT2D eigenvalue weighted by Gasteiger charge is -2.24. The molecule has 0 aromatic carbocycles. The second kappa shape index (κ2) is 5.90. The van der Waals surface area contributed by atoms with Crippen LogP contribution in [0.2, 0.25) is 0 Å². The maximum Gasteiger partial charge on any atom is 0.311 e. The minimum Gasteiger partial charge on any atom is -0.481 e. The molecule has 1 heterocycles. The monoisotopic (exact) mass is 268 g/mol. The van der Waals surface area contributed by atoms with E-state index in [0.29, 0.717) is 32.5 Å². The Morgan fingerprint density at radius 1 is 1.42 bits per heavy atom. The quantitative estimate of drug-likeness (QED) is 0.725. The minimum absolute atomic E-state index is 0.0416. The Labute approximate surface area is 114 Å². The maximum atomic E-state index is 12.0. The van der Waals surface area contributed by atoms with Crippen molar-refractivity contribution < 1.29 is 14.7 Å². The maximum absolute atomic E-state index is 12.0. The van der Waals surface area contributed by atoms with E-state index in [9.17, 15) is 14.7 Å². The van der Waals surface area contributed by atoms with E-state index in [1.54, 1.807) is 4.90 Å². The van der Waals surface area contributed by atoms with Crippen molar-refractivity contribution in [2.24, 2.45) is 11.3 Å². The van der Waals surface area contributed by atoms with Gasteiger partial charge in [-0.3, -0.25) is 9.59 Å². The number of carbonyl (C=O) groups excluding carboxylic acids is 1. The summed E-state index contributed by atoms with van der Waals surface area (Å²) in [6, 6.07) is 0. The molecule has 108 valence electrons. The van der Waals surface area contributed by atoms with Crippen molar-refractivity contribution in [3.05, 3.63) is 0 Å². The zero-order valence-corrected chi connectivity index (χ0v) is 11.7. The highest BCUT2D eigenvalue weighted by Gasteiger charge is 2.45. The highest BCUT2D eigenvalue weighted by molar-refractivity contribution is 5.81. The van der Waals surface area contributed by atoms with Gasteiger partial charge in [0.15, 0.2) is 0 Å². The van der Waals surface area contributed by atoms with E-state index < -0.39 is 11.4 Å². The van der Waals surface area contributed by atoms with E-state index in [4.69, 9.17) is 0 Å². The molecule has 1 saturated heterocycles. The van der Waals surface area contributed by atoms with Crippen LogP contribution in [0.4, 0.5) is 0 Å². The van der Waals surface area contributed by atoms with Gasteiger partial charge in [0.1, 0.15) is 0 Å². The van der Waals surface area contributed by atoms with Crippen LogP contribution in [0.1, 0.15) is 39.0 Å². The molecule has 2 aliphatic rings. The number of aliphatic carboxylic acids is 1. The minimum atomic E-state index is -0.754. The van der Waals surface area contributed by atoms with Gasteiger partial charge in [-0.1, -0.05) is 13.3 Å². The van der Waals surface area contributed by atoms with Crippen LogP contribution >= 0.6 is 0 Å². The highest BCUT2D eigenvalue weighted by atomic mass is 16.4. The van der Waals surface area contributed by atoms with Crippen LogP contribution in [0.25, 0.3) is 0 Å². The summed E-state index contributed by atoms with van der Waals surface area (Å²) in [5.41, 5.74) is -0.707. The van der Waals surface area contributed by atoms with Gasteiger partial charge in [0.05, 0.1) is 12.0 Å². The molecule has 2 N–H and O–H groups in total. The zero-order valence-electron chi connectivity index (χ0n) is 11.7. The van der Waals surface area contributed by atoms with Crippen LogP contribution < -0.4 is 5.32 Å². The number of hydrogen-bond acceptors (Lipinski definition) is 3. The van der Waals surface area contributed by atoms with Crippen molar-refractivity contribution in [2.75, 3.05) is 26.2 Å². The molecule has 1 aliphatic carbocycles. The summed E-state index contributed by atoms with van der Waals surface area (Å²) in [5, 5.41) is 12.6. The van der Waals surface area contributed by atoms with Crippen LogP contribution in [0.5, 0.6) is 0 Å². The number of nitrogens with one attached hydrogen (secondary N) is 1. The molecule has 2 fully saturated rings. The van der Waals surface area contributed by atoms with E-state index in [-0.39, 0.29) is 5.91 Å². The molecule has 0 aromatic heterocycles. The van der Waals surface area contributed by atoms with Crippen LogP contribution in [0.15, 0.2) is 0 Å². The number of likely N-dealkylation sites (tertiary alicyclic amines) is 1. The lowest BCUT2D eigenvalue weighted by Crippen LogP contribution is -2.40. The Balaban J connectivity index is 1.81. The molecule has 0 radical (unpaired) electrons. The van der Waals surface area contributed by atoms with Crippen molar-refractivity contribution in [1.82, 2.24) is 10.2 Å². The van der Waals surface area contributed by atoms with Gasteiger partial charge in [-0.25, -0.2) is 0 Å². The Bertz CT molecular complexity index is 355. The van der Waals surface area contributed by atoms with Gasteiger partial charge in [-0.15, -0.1) is 0 Å². The Hall–Kier alpha value is -1.10. The number of carbonyl (C=O) groups is 2. The molecule has 0 bridgehead atoms. The van der Waals surface area contributed by atoms with Gasteiger partial charge in [-0.2, -0.15) is 0 Å². The van der Waals surface area contributed by atoms with Crippen molar-refractivity contribution in [2.45, 2.75) is 39.0 Å². The summed E-state index contributed by atoms with van der Waals surface area (Å²) < 4.78 is 0. The largest absolute Gasteiger partial charge is 0.481 e. The fourth-order valence-electron chi connectivity index (χ4n) is 2.87. The molecule has 1 unspecified atom stereocenters. The average Bonchev–Trinajstić information content (AvgIpc) is 3.08. The number of hydrogen-bond donors (Lipinski definition) is 2. The van der Waals surface area contributed by atoms with Crippen molar-refractivity contribution >= 4 is 11.9 Å². The van der Waals surface area contributed by atoms with Crippen molar-refractivity contribution in [3.8, 4) is 0 Å². The summed E-state index contributed by atoms with van der Waals surface area (Å²) >= 11 is 0. The van der Waals surface area contributed by atoms with Crippen LogP contribution in [-0.4, -0.2) is 48.1 Å². The van der Waals surface area contributed by atoms with Gasteiger partial charge < -0.3 is 15.3 Å². The van der Waals surface area contributed by atoms with Crippen LogP contribution in [0.3, 0.4) is 0 Å². The lowest BCUT2D eigenvalue weighted by atomic mass is 9.83. The topological polar surface area (TPSA) is 69.6 Å². The molecule has 19 heavy (non-hydrogen) atoms. The molecular weight excluding hydrogens is 244 g/mol. The molecule has 0 spiro atoms. The van der Waals surface area contributed by atoms with E-state index in [0.717, 1.165) is 18.9 Å². The van der Waals surface area contributed by atoms with Gasteiger partial charge in [-0.05, 0) is 38.1 Å². The third-order valence-electron chi connectivity index (χ3n) is 4.29. The predicted molar refractivity (Wildman–Crippen MR) is 71.8 cm³/mol. The second-order valence-corrected chi connectivity index (χ2v) is 5.98.